The Morgan fingerprint density at radius 2 is 2.18 bits per heavy atom. The number of nitrogens with one attached hydrogen (secondary N) is 1. The second-order valence-electron chi connectivity index (χ2n) is 4.74. The Morgan fingerprint density at radius 3 is 2.86 bits per heavy atom. The van der Waals surface area contributed by atoms with Crippen molar-refractivity contribution in [1.29, 1.82) is 0 Å². The molecule has 0 aliphatic rings. The van der Waals surface area contributed by atoms with Gasteiger partial charge in [0, 0.05) is 24.7 Å². The number of methoxy groups -OCH3 is 1. The second-order valence-corrected chi connectivity index (χ2v) is 5.14. The van der Waals surface area contributed by atoms with Crippen molar-refractivity contribution in [3.8, 4) is 5.75 Å². The van der Waals surface area contributed by atoms with Gasteiger partial charge >= 0.3 is 0 Å². The van der Waals surface area contributed by atoms with Crippen molar-refractivity contribution < 1.29 is 9.53 Å². The summed E-state index contributed by atoms with van der Waals surface area (Å²) in [5.74, 6) is 0.359. The molecule has 1 amide bonds. The zero-order valence-electron chi connectivity index (χ0n) is 12.0. The molecule has 0 bridgehead atoms. The molecule has 0 spiro atoms. The van der Waals surface area contributed by atoms with Crippen LogP contribution in [0, 0.1) is 0 Å². The van der Waals surface area contributed by atoms with Gasteiger partial charge in [0.2, 0.25) is 0 Å². The van der Waals surface area contributed by atoms with Crippen LogP contribution in [-0.2, 0) is 7.05 Å². The zero-order valence-corrected chi connectivity index (χ0v) is 12.8. The Bertz CT molecular complexity index is 860. The number of rotatable bonds is 3. The van der Waals surface area contributed by atoms with Crippen molar-refractivity contribution >= 4 is 34.1 Å². The average molecular weight is 317 g/mol. The van der Waals surface area contributed by atoms with Gasteiger partial charge in [0.05, 0.1) is 29.5 Å². The van der Waals surface area contributed by atoms with Gasteiger partial charge in [-0.3, -0.25) is 14.5 Å². The molecule has 0 aliphatic heterocycles. The predicted octanol–water partition coefficient (Wildman–Crippen LogP) is 2.88. The third-order valence-electron chi connectivity index (χ3n) is 3.15. The minimum absolute atomic E-state index is 0.180. The second kappa shape index (κ2) is 5.65. The van der Waals surface area contributed by atoms with E-state index in [1.165, 1.54) is 4.68 Å². The van der Waals surface area contributed by atoms with E-state index in [1.54, 1.807) is 26.6 Å². The van der Waals surface area contributed by atoms with E-state index in [0.29, 0.717) is 10.7 Å². The number of fused-ring (bicyclic) bond motifs is 1. The number of halogens is 1. The molecule has 3 rings (SSSR count). The van der Waals surface area contributed by atoms with E-state index in [9.17, 15) is 4.79 Å². The molecule has 0 saturated carbocycles. The Kier molecular flexibility index (Phi) is 3.68. The third kappa shape index (κ3) is 2.73. The normalized spacial score (nSPS) is 10.7. The van der Waals surface area contributed by atoms with Crippen LogP contribution in [0.5, 0.6) is 5.75 Å². The lowest BCUT2D eigenvalue weighted by molar-refractivity contribution is 0.102. The van der Waals surface area contributed by atoms with Gasteiger partial charge in [-0.1, -0.05) is 11.6 Å². The molecule has 2 aromatic heterocycles. The number of carbonyl (C=O) groups excluding carboxylic acids is 1. The van der Waals surface area contributed by atoms with Crippen molar-refractivity contribution in [3.63, 3.8) is 0 Å². The van der Waals surface area contributed by atoms with Crippen LogP contribution in [-0.4, -0.2) is 27.8 Å². The summed E-state index contributed by atoms with van der Waals surface area (Å²) < 4.78 is 6.64. The molecule has 3 aromatic rings. The summed E-state index contributed by atoms with van der Waals surface area (Å²) in [6.45, 7) is 0. The highest BCUT2D eigenvalue weighted by atomic mass is 35.5. The third-order valence-corrected chi connectivity index (χ3v) is 3.43. The van der Waals surface area contributed by atoms with Crippen molar-refractivity contribution in [2.24, 2.45) is 7.05 Å². The first kappa shape index (κ1) is 14.3. The molecular formula is C15H13ClN4O2. The molecule has 0 fully saturated rings. The number of hydrogen-bond donors (Lipinski definition) is 1. The van der Waals surface area contributed by atoms with Gasteiger partial charge in [0.25, 0.3) is 5.91 Å². The number of aromatic nitrogens is 3. The molecule has 0 radical (unpaired) electrons. The molecule has 0 unspecified atom stereocenters. The smallest absolute Gasteiger partial charge is 0.277 e. The lowest BCUT2D eigenvalue weighted by Gasteiger charge is -2.06. The van der Waals surface area contributed by atoms with Crippen LogP contribution in [0.2, 0.25) is 5.02 Å². The summed E-state index contributed by atoms with van der Waals surface area (Å²) in [5.41, 5.74) is 1.54. The summed E-state index contributed by atoms with van der Waals surface area (Å²) in [7, 11) is 3.31. The van der Waals surface area contributed by atoms with Gasteiger partial charge in [0.1, 0.15) is 5.75 Å². The van der Waals surface area contributed by atoms with Crippen molar-refractivity contribution in [3.05, 3.63) is 47.4 Å². The highest BCUT2D eigenvalue weighted by molar-refractivity contribution is 6.34. The van der Waals surface area contributed by atoms with Crippen LogP contribution in [0.1, 0.15) is 10.5 Å². The molecular weight excluding hydrogens is 304 g/mol. The van der Waals surface area contributed by atoms with Crippen LogP contribution < -0.4 is 10.1 Å². The molecule has 112 valence electrons. The van der Waals surface area contributed by atoms with Crippen molar-refractivity contribution in [2.75, 3.05) is 12.4 Å². The highest BCUT2D eigenvalue weighted by Gasteiger charge is 2.15. The molecule has 1 N–H and O–H groups in total. The topological polar surface area (TPSA) is 69.0 Å². The SMILES string of the molecule is COc1ccc2cc(NC(=O)c3nn(C)cc3Cl)cnc2c1. The molecule has 2 heterocycles. The molecule has 0 saturated heterocycles. The first-order valence-corrected chi connectivity index (χ1v) is 6.89. The average Bonchev–Trinajstić information content (AvgIpc) is 2.85. The monoisotopic (exact) mass is 316 g/mol. The Balaban J connectivity index is 1.87. The number of amides is 1. The maximum absolute atomic E-state index is 12.2. The van der Waals surface area contributed by atoms with Crippen LogP contribution in [0.4, 0.5) is 5.69 Å². The van der Waals surface area contributed by atoms with Gasteiger partial charge in [-0.15, -0.1) is 0 Å². The number of aryl methyl sites for hydroxylation is 1. The summed E-state index contributed by atoms with van der Waals surface area (Å²) in [4.78, 5) is 16.5. The number of nitrogens with zero attached hydrogens (tertiary/aromatic N) is 3. The van der Waals surface area contributed by atoms with Gasteiger partial charge in [-0.2, -0.15) is 5.10 Å². The Hall–Kier alpha value is -2.60. The maximum atomic E-state index is 12.2. The van der Waals surface area contributed by atoms with Crippen LogP contribution in [0.3, 0.4) is 0 Å². The number of anilines is 1. The number of hydrogen-bond acceptors (Lipinski definition) is 4. The fourth-order valence-electron chi connectivity index (χ4n) is 2.10. The van der Waals surface area contributed by atoms with E-state index in [-0.39, 0.29) is 11.6 Å². The Morgan fingerprint density at radius 1 is 1.36 bits per heavy atom. The molecule has 0 atom stereocenters. The fraction of sp³-hybridized carbons (Fsp3) is 0.133. The number of pyridine rings is 1. The zero-order chi connectivity index (χ0) is 15.7. The lowest BCUT2D eigenvalue weighted by atomic mass is 10.2. The quantitative estimate of drug-likeness (QED) is 0.806. The van der Waals surface area contributed by atoms with Crippen LogP contribution >= 0.6 is 11.6 Å². The lowest BCUT2D eigenvalue weighted by Crippen LogP contribution is -2.13. The largest absolute Gasteiger partial charge is 0.497 e. The number of ether oxygens (including phenoxy) is 1. The number of benzene rings is 1. The highest BCUT2D eigenvalue weighted by Crippen LogP contribution is 2.22. The first-order valence-electron chi connectivity index (χ1n) is 6.51. The summed E-state index contributed by atoms with van der Waals surface area (Å²) in [6.07, 6.45) is 3.15. The molecule has 0 aliphatic carbocycles. The van der Waals surface area contributed by atoms with Gasteiger partial charge in [-0.25, -0.2) is 0 Å². The summed E-state index contributed by atoms with van der Waals surface area (Å²) in [5, 5.41) is 7.97. The van der Waals surface area contributed by atoms with E-state index in [4.69, 9.17) is 16.3 Å². The minimum Gasteiger partial charge on any atom is -0.497 e. The first-order chi connectivity index (χ1) is 10.6. The molecule has 22 heavy (non-hydrogen) atoms. The van der Waals surface area contributed by atoms with Crippen molar-refractivity contribution in [1.82, 2.24) is 14.8 Å². The summed E-state index contributed by atoms with van der Waals surface area (Å²) in [6, 6.07) is 7.38. The van der Waals surface area contributed by atoms with E-state index in [1.807, 2.05) is 24.3 Å². The van der Waals surface area contributed by atoms with Gasteiger partial charge in [0.15, 0.2) is 5.69 Å². The van der Waals surface area contributed by atoms with Gasteiger partial charge in [-0.05, 0) is 18.2 Å². The fourth-order valence-corrected chi connectivity index (χ4v) is 2.37. The number of carbonyl (C=O) groups is 1. The van der Waals surface area contributed by atoms with Crippen LogP contribution in [0.15, 0.2) is 36.7 Å². The van der Waals surface area contributed by atoms with Crippen LogP contribution in [0.25, 0.3) is 10.9 Å². The van der Waals surface area contributed by atoms with E-state index in [2.05, 4.69) is 15.4 Å². The summed E-state index contributed by atoms with van der Waals surface area (Å²) >= 11 is 5.96. The Labute approximate surface area is 131 Å². The molecule has 1 aromatic carbocycles. The predicted molar refractivity (Wildman–Crippen MR) is 84.5 cm³/mol. The van der Waals surface area contributed by atoms with Gasteiger partial charge < -0.3 is 10.1 Å². The van der Waals surface area contributed by atoms with E-state index < -0.39 is 0 Å². The van der Waals surface area contributed by atoms with E-state index >= 15 is 0 Å². The van der Waals surface area contributed by atoms with Crippen molar-refractivity contribution in [2.45, 2.75) is 0 Å². The maximum Gasteiger partial charge on any atom is 0.277 e. The van der Waals surface area contributed by atoms with E-state index in [0.717, 1.165) is 16.7 Å². The molecule has 7 heteroatoms. The standard InChI is InChI=1S/C15H13ClN4O2/c1-20-8-12(16)14(19-20)15(21)18-10-5-9-3-4-11(22-2)6-13(9)17-7-10/h3-8H,1-2H3,(H,18,21). The molecule has 6 nitrogen and oxygen atoms in total. The minimum atomic E-state index is -0.375.